The summed E-state index contributed by atoms with van der Waals surface area (Å²) >= 11 is 0. The lowest BCUT2D eigenvalue weighted by molar-refractivity contribution is -0.136. The number of nitrogens with zero attached hydrogens (tertiary/aromatic N) is 2. The Hall–Kier alpha value is -2.63. The van der Waals surface area contributed by atoms with Gasteiger partial charge in [-0.15, -0.1) is 0 Å². The van der Waals surface area contributed by atoms with Crippen LogP contribution in [0.2, 0.25) is 0 Å². The normalized spacial score (nSPS) is 10.0. The number of nitrogens with one attached hydrogen (secondary N) is 1. The van der Waals surface area contributed by atoms with Gasteiger partial charge < -0.3 is 16.2 Å². The number of anilines is 3. The summed E-state index contributed by atoms with van der Waals surface area (Å²) in [5.41, 5.74) is 7.02. The van der Waals surface area contributed by atoms with Gasteiger partial charge in [-0.2, -0.15) is 4.98 Å². The van der Waals surface area contributed by atoms with Crippen molar-refractivity contribution in [1.29, 1.82) is 0 Å². The van der Waals surface area contributed by atoms with Gasteiger partial charge in [-0.25, -0.2) is 4.98 Å². The van der Waals surface area contributed by atoms with Gasteiger partial charge in [-0.05, 0) is 23.8 Å². The van der Waals surface area contributed by atoms with E-state index in [0.29, 0.717) is 5.82 Å². The third kappa shape index (κ3) is 3.18. The van der Waals surface area contributed by atoms with Crippen LogP contribution >= 0.6 is 0 Å². The average Bonchev–Trinajstić information content (AvgIpc) is 2.31. The zero-order chi connectivity index (χ0) is 13.0. The molecular formula is C12H12N4O2. The van der Waals surface area contributed by atoms with Gasteiger partial charge in [0, 0.05) is 11.9 Å². The fraction of sp³-hybridized carbons (Fsp3) is 0.0833. The van der Waals surface area contributed by atoms with Gasteiger partial charge in [-0.3, -0.25) is 4.79 Å². The van der Waals surface area contributed by atoms with Crippen LogP contribution in [0.4, 0.5) is 17.5 Å². The topological polar surface area (TPSA) is 101 Å². The van der Waals surface area contributed by atoms with Gasteiger partial charge in [0.1, 0.15) is 5.82 Å². The predicted octanol–water partition coefficient (Wildman–Crippen LogP) is 1.43. The van der Waals surface area contributed by atoms with Crippen LogP contribution in [0.25, 0.3) is 0 Å². The molecule has 0 unspecified atom stereocenters. The summed E-state index contributed by atoms with van der Waals surface area (Å²) in [4.78, 5) is 18.3. The van der Waals surface area contributed by atoms with E-state index < -0.39 is 5.97 Å². The number of hydrogen-bond donors (Lipinski definition) is 3. The Labute approximate surface area is 104 Å². The molecule has 0 saturated heterocycles. The zero-order valence-electron chi connectivity index (χ0n) is 9.50. The van der Waals surface area contributed by atoms with Crippen molar-refractivity contribution in [3.05, 3.63) is 42.1 Å². The molecule has 1 aromatic carbocycles. The van der Waals surface area contributed by atoms with Crippen LogP contribution in [0.5, 0.6) is 0 Å². The van der Waals surface area contributed by atoms with E-state index >= 15 is 0 Å². The van der Waals surface area contributed by atoms with Crippen LogP contribution in [-0.2, 0) is 11.2 Å². The second kappa shape index (κ2) is 5.13. The Morgan fingerprint density at radius 2 is 2.00 bits per heavy atom. The van der Waals surface area contributed by atoms with Crippen molar-refractivity contribution in [2.45, 2.75) is 6.42 Å². The fourth-order valence-corrected chi connectivity index (χ4v) is 1.47. The molecule has 0 atom stereocenters. The summed E-state index contributed by atoms with van der Waals surface area (Å²) in [6.45, 7) is 0. The molecule has 0 aliphatic rings. The molecule has 0 aliphatic heterocycles. The second-order valence-electron chi connectivity index (χ2n) is 3.69. The van der Waals surface area contributed by atoms with Crippen molar-refractivity contribution >= 4 is 23.4 Å². The van der Waals surface area contributed by atoms with Crippen molar-refractivity contribution in [3.63, 3.8) is 0 Å². The molecule has 2 rings (SSSR count). The third-order valence-electron chi connectivity index (χ3n) is 2.26. The number of carboxylic acid groups (broad SMARTS) is 1. The van der Waals surface area contributed by atoms with Crippen molar-refractivity contribution in [3.8, 4) is 0 Å². The summed E-state index contributed by atoms with van der Waals surface area (Å²) in [5.74, 6) is -0.0599. The van der Waals surface area contributed by atoms with E-state index in [2.05, 4.69) is 15.3 Å². The highest BCUT2D eigenvalue weighted by Gasteiger charge is 2.01. The summed E-state index contributed by atoms with van der Waals surface area (Å²) in [7, 11) is 0. The molecule has 0 aliphatic carbocycles. The molecule has 2 aromatic rings. The standard InChI is InChI=1S/C12H12N4O2/c13-12-14-6-5-10(16-12)15-9-3-1-8(2-4-9)7-11(17)18/h1-6H,7H2,(H,17,18)(H3,13,14,15,16). The van der Waals surface area contributed by atoms with E-state index in [1.54, 1.807) is 36.5 Å². The molecule has 6 heteroatoms. The molecule has 92 valence electrons. The highest BCUT2D eigenvalue weighted by atomic mass is 16.4. The number of carboxylic acids is 1. The first-order valence-corrected chi connectivity index (χ1v) is 5.30. The molecule has 1 aromatic heterocycles. The summed E-state index contributed by atoms with van der Waals surface area (Å²) < 4.78 is 0. The van der Waals surface area contributed by atoms with Gasteiger partial charge in [0.15, 0.2) is 0 Å². The summed E-state index contributed by atoms with van der Waals surface area (Å²) in [5, 5.41) is 11.7. The summed E-state index contributed by atoms with van der Waals surface area (Å²) in [6, 6.07) is 8.77. The number of benzene rings is 1. The van der Waals surface area contributed by atoms with Crippen molar-refractivity contribution < 1.29 is 9.90 Å². The van der Waals surface area contributed by atoms with E-state index in [1.165, 1.54) is 0 Å². The number of aromatic nitrogens is 2. The molecule has 6 nitrogen and oxygen atoms in total. The average molecular weight is 244 g/mol. The number of aliphatic carboxylic acids is 1. The molecule has 0 saturated carbocycles. The molecule has 0 fully saturated rings. The predicted molar refractivity (Wildman–Crippen MR) is 67.5 cm³/mol. The quantitative estimate of drug-likeness (QED) is 0.752. The monoisotopic (exact) mass is 244 g/mol. The first kappa shape index (κ1) is 11.8. The van der Waals surface area contributed by atoms with Gasteiger partial charge in [0.05, 0.1) is 6.42 Å². The maximum absolute atomic E-state index is 10.5. The minimum Gasteiger partial charge on any atom is -0.481 e. The third-order valence-corrected chi connectivity index (χ3v) is 2.26. The first-order chi connectivity index (χ1) is 8.63. The number of rotatable bonds is 4. The van der Waals surface area contributed by atoms with Crippen molar-refractivity contribution in [2.75, 3.05) is 11.1 Å². The first-order valence-electron chi connectivity index (χ1n) is 5.30. The van der Waals surface area contributed by atoms with E-state index in [4.69, 9.17) is 10.8 Å². The van der Waals surface area contributed by atoms with E-state index in [0.717, 1.165) is 11.3 Å². The molecular weight excluding hydrogens is 232 g/mol. The molecule has 0 amide bonds. The van der Waals surface area contributed by atoms with Gasteiger partial charge in [0.2, 0.25) is 5.95 Å². The van der Waals surface area contributed by atoms with Crippen molar-refractivity contribution in [1.82, 2.24) is 9.97 Å². The van der Waals surface area contributed by atoms with E-state index in [1.807, 2.05) is 0 Å². The highest BCUT2D eigenvalue weighted by molar-refractivity contribution is 5.70. The smallest absolute Gasteiger partial charge is 0.307 e. The fourth-order valence-electron chi connectivity index (χ4n) is 1.47. The molecule has 18 heavy (non-hydrogen) atoms. The maximum Gasteiger partial charge on any atom is 0.307 e. The lowest BCUT2D eigenvalue weighted by atomic mass is 10.1. The van der Waals surface area contributed by atoms with Gasteiger partial charge in [0.25, 0.3) is 0 Å². The van der Waals surface area contributed by atoms with E-state index in [9.17, 15) is 4.79 Å². The van der Waals surface area contributed by atoms with Crippen LogP contribution in [0.1, 0.15) is 5.56 Å². The Morgan fingerprint density at radius 3 is 2.61 bits per heavy atom. The van der Waals surface area contributed by atoms with E-state index in [-0.39, 0.29) is 12.4 Å². The molecule has 0 spiro atoms. The lowest BCUT2D eigenvalue weighted by Crippen LogP contribution is -2.01. The maximum atomic E-state index is 10.5. The lowest BCUT2D eigenvalue weighted by Gasteiger charge is -2.06. The molecule has 4 N–H and O–H groups in total. The minimum atomic E-state index is -0.848. The molecule has 0 radical (unpaired) electrons. The van der Waals surface area contributed by atoms with Gasteiger partial charge in [-0.1, -0.05) is 12.1 Å². The number of nitrogens with two attached hydrogens (primary N) is 1. The largest absolute Gasteiger partial charge is 0.481 e. The molecule has 0 bridgehead atoms. The Balaban J connectivity index is 2.08. The Kier molecular flexibility index (Phi) is 3.38. The minimum absolute atomic E-state index is 0.0146. The number of carbonyl (C=O) groups is 1. The Bertz CT molecular complexity index is 554. The van der Waals surface area contributed by atoms with Crippen LogP contribution in [-0.4, -0.2) is 21.0 Å². The van der Waals surface area contributed by atoms with Crippen LogP contribution < -0.4 is 11.1 Å². The zero-order valence-corrected chi connectivity index (χ0v) is 9.50. The van der Waals surface area contributed by atoms with Crippen LogP contribution in [0, 0.1) is 0 Å². The SMILES string of the molecule is Nc1nccc(Nc2ccc(CC(=O)O)cc2)n1. The highest BCUT2D eigenvalue weighted by Crippen LogP contribution is 2.15. The van der Waals surface area contributed by atoms with Crippen LogP contribution in [0.3, 0.4) is 0 Å². The number of nitrogen functional groups attached to an aromatic ring is 1. The summed E-state index contributed by atoms with van der Waals surface area (Å²) in [6.07, 6.45) is 1.57. The number of hydrogen-bond acceptors (Lipinski definition) is 5. The second-order valence-corrected chi connectivity index (χ2v) is 3.69. The van der Waals surface area contributed by atoms with Crippen molar-refractivity contribution in [2.24, 2.45) is 0 Å². The Morgan fingerprint density at radius 1 is 1.28 bits per heavy atom. The van der Waals surface area contributed by atoms with Crippen LogP contribution in [0.15, 0.2) is 36.5 Å². The molecule has 1 heterocycles. The van der Waals surface area contributed by atoms with Gasteiger partial charge >= 0.3 is 5.97 Å².